The first kappa shape index (κ1) is 13.1. The minimum Gasteiger partial charge on any atom is -0.381 e. The zero-order valence-corrected chi connectivity index (χ0v) is 11.5. The van der Waals surface area contributed by atoms with Gasteiger partial charge in [-0.15, -0.1) is 0 Å². The van der Waals surface area contributed by atoms with E-state index in [1.54, 1.807) is 6.20 Å². The first-order chi connectivity index (χ1) is 9.70. The Morgan fingerprint density at radius 1 is 1.35 bits per heavy atom. The summed E-state index contributed by atoms with van der Waals surface area (Å²) in [5.74, 6) is 0.490. The number of hydrogen-bond donors (Lipinski definition) is 2. The number of nitrogens with zero attached hydrogens (tertiary/aromatic N) is 2. The topological polar surface area (TPSA) is 76.0 Å². The Balaban J connectivity index is 1.55. The van der Waals surface area contributed by atoms with Crippen molar-refractivity contribution in [2.75, 3.05) is 11.9 Å². The molecule has 20 heavy (non-hydrogen) atoms. The lowest BCUT2D eigenvalue weighted by molar-refractivity contribution is -0.121. The molecule has 0 aromatic carbocycles. The predicted octanol–water partition coefficient (Wildman–Crippen LogP) is 0.734. The highest BCUT2D eigenvalue weighted by Gasteiger charge is 2.21. The Hall–Kier alpha value is -1.85. The molecule has 2 saturated carbocycles. The Bertz CT molecular complexity index is 546. The van der Waals surface area contributed by atoms with Gasteiger partial charge in [-0.05, 0) is 38.0 Å². The molecule has 0 atom stereocenters. The lowest BCUT2D eigenvalue weighted by Crippen LogP contribution is -2.35. The van der Waals surface area contributed by atoms with Crippen molar-refractivity contribution in [2.24, 2.45) is 5.92 Å². The van der Waals surface area contributed by atoms with Gasteiger partial charge in [0.1, 0.15) is 6.54 Å². The normalized spacial score (nSPS) is 18.4. The molecule has 0 unspecified atom stereocenters. The Morgan fingerprint density at radius 2 is 2.15 bits per heavy atom. The van der Waals surface area contributed by atoms with Crippen molar-refractivity contribution in [3.05, 3.63) is 22.6 Å². The zero-order chi connectivity index (χ0) is 13.9. The predicted molar refractivity (Wildman–Crippen MR) is 75.5 cm³/mol. The molecule has 3 rings (SSSR count). The molecular weight excluding hydrogens is 256 g/mol. The molecule has 2 fully saturated rings. The number of amides is 1. The molecule has 2 aliphatic carbocycles. The van der Waals surface area contributed by atoms with E-state index in [1.807, 2.05) is 0 Å². The molecule has 0 spiro atoms. The van der Waals surface area contributed by atoms with Crippen molar-refractivity contribution < 1.29 is 4.79 Å². The molecule has 0 saturated heterocycles. The van der Waals surface area contributed by atoms with Gasteiger partial charge in [0.05, 0.1) is 11.9 Å². The van der Waals surface area contributed by atoms with E-state index in [0.29, 0.717) is 12.0 Å². The number of nitrogens with one attached hydrogen (secondary N) is 2. The fourth-order valence-electron chi connectivity index (χ4n) is 2.19. The van der Waals surface area contributed by atoms with Gasteiger partial charge in [0.25, 0.3) is 5.56 Å². The largest absolute Gasteiger partial charge is 0.381 e. The smallest absolute Gasteiger partial charge is 0.269 e. The quantitative estimate of drug-likeness (QED) is 0.803. The van der Waals surface area contributed by atoms with E-state index in [2.05, 4.69) is 15.7 Å². The number of carbonyl (C=O) groups excluding carboxylic acids is 1. The van der Waals surface area contributed by atoms with E-state index in [4.69, 9.17) is 0 Å². The molecule has 0 aliphatic heterocycles. The molecule has 1 aromatic heterocycles. The van der Waals surface area contributed by atoms with Crippen LogP contribution in [0.2, 0.25) is 0 Å². The Labute approximate surface area is 117 Å². The lowest BCUT2D eigenvalue weighted by Gasteiger charge is -2.27. The van der Waals surface area contributed by atoms with Crippen molar-refractivity contribution >= 4 is 11.6 Å². The number of rotatable bonds is 6. The van der Waals surface area contributed by atoms with E-state index in [-0.39, 0.29) is 18.0 Å². The Morgan fingerprint density at radius 3 is 2.75 bits per heavy atom. The molecule has 0 radical (unpaired) electrons. The number of hydrogen-bond acceptors (Lipinski definition) is 4. The average Bonchev–Trinajstić information content (AvgIpc) is 3.18. The van der Waals surface area contributed by atoms with Crippen LogP contribution in [-0.2, 0) is 11.3 Å². The van der Waals surface area contributed by atoms with Crippen LogP contribution in [0.3, 0.4) is 0 Å². The van der Waals surface area contributed by atoms with Gasteiger partial charge in [0, 0.05) is 18.7 Å². The van der Waals surface area contributed by atoms with Crippen LogP contribution < -0.4 is 16.2 Å². The van der Waals surface area contributed by atoms with E-state index < -0.39 is 0 Å². The molecule has 1 heterocycles. The third-order valence-corrected chi connectivity index (χ3v) is 3.92. The summed E-state index contributed by atoms with van der Waals surface area (Å²) >= 11 is 0. The minimum absolute atomic E-state index is 0.00470. The highest BCUT2D eigenvalue weighted by molar-refractivity contribution is 5.75. The summed E-state index contributed by atoms with van der Waals surface area (Å²) in [6, 6.07) is 1.98. The van der Waals surface area contributed by atoms with Crippen LogP contribution in [0.5, 0.6) is 0 Å². The molecule has 108 valence electrons. The summed E-state index contributed by atoms with van der Waals surface area (Å²) in [7, 11) is 0. The fourth-order valence-corrected chi connectivity index (χ4v) is 2.19. The lowest BCUT2D eigenvalue weighted by atomic mass is 9.93. The van der Waals surface area contributed by atoms with Gasteiger partial charge in [-0.1, -0.05) is 0 Å². The van der Waals surface area contributed by atoms with Gasteiger partial charge < -0.3 is 10.6 Å². The molecular formula is C14H20N4O2. The summed E-state index contributed by atoms with van der Waals surface area (Å²) in [6.45, 7) is 0.712. The van der Waals surface area contributed by atoms with E-state index in [1.165, 1.54) is 30.0 Å². The van der Waals surface area contributed by atoms with Crippen molar-refractivity contribution in [3.8, 4) is 0 Å². The maximum absolute atomic E-state index is 11.9. The summed E-state index contributed by atoms with van der Waals surface area (Å²) in [5, 5.41) is 10.2. The summed E-state index contributed by atoms with van der Waals surface area (Å²) in [4.78, 5) is 23.6. The molecule has 1 amide bonds. The number of carbonyl (C=O) groups is 1. The summed E-state index contributed by atoms with van der Waals surface area (Å²) in [5.41, 5.74) is 0.505. The third kappa shape index (κ3) is 3.37. The van der Waals surface area contributed by atoms with Gasteiger partial charge in [-0.3, -0.25) is 9.59 Å². The second-order valence-electron chi connectivity index (χ2n) is 5.76. The SMILES string of the molecule is O=C(Cn1ncc(NC2CCC2)cc1=O)NCC1CC1. The summed E-state index contributed by atoms with van der Waals surface area (Å²) < 4.78 is 1.20. The third-order valence-electron chi connectivity index (χ3n) is 3.92. The molecule has 1 aromatic rings. The van der Waals surface area contributed by atoms with Crippen LogP contribution in [0.4, 0.5) is 5.69 Å². The van der Waals surface area contributed by atoms with Gasteiger partial charge >= 0.3 is 0 Å². The maximum atomic E-state index is 11.9. The first-order valence-corrected chi connectivity index (χ1v) is 7.31. The van der Waals surface area contributed by atoms with Crippen LogP contribution >= 0.6 is 0 Å². The molecule has 2 N–H and O–H groups in total. The average molecular weight is 276 g/mol. The first-order valence-electron chi connectivity index (χ1n) is 7.31. The van der Waals surface area contributed by atoms with E-state index >= 15 is 0 Å². The highest BCUT2D eigenvalue weighted by Crippen LogP contribution is 2.27. The van der Waals surface area contributed by atoms with Crippen LogP contribution in [0, 0.1) is 5.92 Å². The van der Waals surface area contributed by atoms with Gasteiger partial charge in [-0.2, -0.15) is 5.10 Å². The summed E-state index contributed by atoms with van der Waals surface area (Å²) in [6.07, 6.45) is 7.54. The standard InChI is InChI=1S/C14H20N4O2/c19-13(15-7-10-4-5-10)9-18-14(20)6-12(8-16-18)17-11-2-1-3-11/h6,8,10-11,17H,1-5,7,9H2,(H,15,19). The van der Waals surface area contributed by atoms with Gasteiger partial charge in [0.2, 0.25) is 5.91 Å². The number of aromatic nitrogens is 2. The van der Waals surface area contributed by atoms with Crippen LogP contribution in [0.1, 0.15) is 32.1 Å². The number of anilines is 1. The molecule has 0 bridgehead atoms. The second kappa shape index (κ2) is 5.64. The van der Waals surface area contributed by atoms with Crippen LogP contribution in [0.25, 0.3) is 0 Å². The molecule has 6 nitrogen and oxygen atoms in total. The maximum Gasteiger partial charge on any atom is 0.269 e. The minimum atomic E-state index is -0.240. The molecule has 2 aliphatic rings. The van der Waals surface area contributed by atoms with Crippen molar-refractivity contribution in [1.29, 1.82) is 0 Å². The van der Waals surface area contributed by atoms with Crippen LogP contribution in [-0.4, -0.2) is 28.3 Å². The monoisotopic (exact) mass is 276 g/mol. The second-order valence-corrected chi connectivity index (χ2v) is 5.76. The highest BCUT2D eigenvalue weighted by atomic mass is 16.2. The van der Waals surface area contributed by atoms with Crippen molar-refractivity contribution in [2.45, 2.75) is 44.7 Å². The van der Waals surface area contributed by atoms with E-state index in [9.17, 15) is 9.59 Å². The Kier molecular flexibility index (Phi) is 3.71. The van der Waals surface area contributed by atoms with Gasteiger partial charge in [0.15, 0.2) is 0 Å². The fraction of sp³-hybridized carbons (Fsp3) is 0.643. The van der Waals surface area contributed by atoms with Crippen molar-refractivity contribution in [3.63, 3.8) is 0 Å². The van der Waals surface area contributed by atoms with E-state index in [0.717, 1.165) is 25.1 Å². The van der Waals surface area contributed by atoms with Crippen LogP contribution in [0.15, 0.2) is 17.1 Å². The molecule has 6 heteroatoms. The zero-order valence-electron chi connectivity index (χ0n) is 11.5. The van der Waals surface area contributed by atoms with Gasteiger partial charge in [-0.25, -0.2) is 4.68 Å². The van der Waals surface area contributed by atoms with Crippen molar-refractivity contribution in [1.82, 2.24) is 15.1 Å².